The van der Waals surface area contributed by atoms with Gasteiger partial charge in [-0.1, -0.05) is 0 Å². The molecule has 0 aromatic heterocycles. The quantitative estimate of drug-likeness (QED) is 0.906. The molecule has 1 aliphatic rings. The van der Waals surface area contributed by atoms with Crippen LogP contribution in [-0.2, 0) is 14.8 Å². The normalized spacial score (nSPS) is 19.7. The average Bonchev–Trinajstić information content (AvgIpc) is 2.88. The van der Waals surface area contributed by atoms with Crippen molar-refractivity contribution in [2.75, 3.05) is 13.2 Å². The Bertz CT molecular complexity index is 554. The van der Waals surface area contributed by atoms with E-state index in [2.05, 4.69) is 4.72 Å². The van der Waals surface area contributed by atoms with Crippen LogP contribution < -0.4 is 9.46 Å². The Balaban J connectivity index is 1.99. The molecular weight excluding hydrogens is 290 g/mol. The molecule has 6 heteroatoms. The molecule has 1 aliphatic heterocycles. The zero-order valence-electron chi connectivity index (χ0n) is 12.8. The summed E-state index contributed by atoms with van der Waals surface area (Å²) in [4.78, 5) is 0.238. The van der Waals surface area contributed by atoms with Gasteiger partial charge in [-0.15, -0.1) is 0 Å². The van der Waals surface area contributed by atoms with Crippen LogP contribution in [0.1, 0.15) is 33.6 Å². The van der Waals surface area contributed by atoms with Crippen LogP contribution in [0.2, 0.25) is 0 Å². The number of hydrogen-bond acceptors (Lipinski definition) is 4. The van der Waals surface area contributed by atoms with Crippen LogP contribution in [0, 0.1) is 0 Å². The summed E-state index contributed by atoms with van der Waals surface area (Å²) in [6.07, 6.45) is 1.88. The topological polar surface area (TPSA) is 64.6 Å². The maximum atomic E-state index is 12.2. The molecule has 1 aromatic carbocycles. The van der Waals surface area contributed by atoms with Crippen LogP contribution in [-0.4, -0.2) is 33.3 Å². The van der Waals surface area contributed by atoms with Crippen molar-refractivity contribution in [3.63, 3.8) is 0 Å². The van der Waals surface area contributed by atoms with E-state index in [4.69, 9.17) is 9.47 Å². The van der Waals surface area contributed by atoms with Crippen molar-refractivity contribution in [3.8, 4) is 5.75 Å². The van der Waals surface area contributed by atoms with Crippen molar-refractivity contribution in [2.45, 2.75) is 50.2 Å². The van der Waals surface area contributed by atoms with Gasteiger partial charge in [0.2, 0.25) is 10.0 Å². The van der Waals surface area contributed by atoms with E-state index in [1.807, 2.05) is 20.8 Å². The van der Waals surface area contributed by atoms with Crippen LogP contribution in [0.4, 0.5) is 0 Å². The minimum Gasteiger partial charge on any atom is -0.488 e. The van der Waals surface area contributed by atoms with Gasteiger partial charge in [0.1, 0.15) is 11.4 Å². The van der Waals surface area contributed by atoms with Crippen molar-refractivity contribution < 1.29 is 17.9 Å². The van der Waals surface area contributed by atoms with Gasteiger partial charge in [-0.2, -0.15) is 0 Å². The molecule has 1 fully saturated rings. The molecule has 0 saturated carbocycles. The second-order valence-electron chi connectivity index (χ2n) is 6.17. The summed E-state index contributed by atoms with van der Waals surface area (Å²) in [5.74, 6) is 0.653. The number of rotatable bonds is 5. The van der Waals surface area contributed by atoms with Gasteiger partial charge in [0, 0.05) is 13.2 Å². The molecule has 1 heterocycles. The third-order valence-electron chi connectivity index (χ3n) is 3.08. The Morgan fingerprint density at radius 1 is 1.29 bits per heavy atom. The number of sulfonamides is 1. The highest BCUT2D eigenvalue weighted by Crippen LogP contribution is 2.20. The summed E-state index contributed by atoms with van der Waals surface area (Å²) < 4.78 is 38.0. The minimum absolute atomic E-state index is 0.0109. The van der Waals surface area contributed by atoms with Gasteiger partial charge in [0.15, 0.2) is 0 Å². The monoisotopic (exact) mass is 313 g/mol. The molecule has 0 amide bonds. The summed E-state index contributed by atoms with van der Waals surface area (Å²) in [5.41, 5.74) is -0.307. The fraction of sp³-hybridized carbons (Fsp3) is 0.600. The first-order valence-corrected chi connectivity index (χ1v) is 8.65. The van der Waals surface area contributed by atoms with E-state index in [1.54, 1.807) is 24.3 Å². The second-order valence-corrected chi connectivity index (χ2v) is 7.94. The van der Waals surface area contributed by atoms with Gasteiger partial charge in [0.05, 0.1) is 11.0 Å². The SMILES string of the molecule is CC(C)(C)Oc1ccc(S(=O)(=O)NCC2CCCO2)cc1. The van der Waals surface area contributed by atoms with E-state index in [0.717, 1.165) is 12.8 Å². The van der Waals surface area contributed by atoms with Crippen LogP contribution in [0.3, 0.4) is 0 Å². The maximum absolute atomic E-state index is 12.2. The van der Waals surface area contributed by atoms with Crippen LogP contribution >= 0.6 is 0 Å². The van der Waals surface area contributed by atoms with Gasteiger partial charge in [-0.25, -0.2) is 13.1 Å². The van der Waals surface area contributed by atoms with Gasteiger partial charge >= 0.3 is 0 Å². The highest BCUT2D eigenvalue weighted by molar-refractivity contribution is 7.89. The highest BCUT2D eigenvalue weighted by atomic mass is 32.2. The molecule has 1 atom stereocenters. The Morgan fingerprint density at radius 3 is 2.48 bits per heavy atom. The molecule has 5 nitrogen and oxygen atoms in total. The lowest BCUT2D eigenvalue weighted by Crippen LogP contribution is -2.31. The molecular formula is C15H23NO4S. The summed E-state index contributed by atoms with van der Waals surface area (Å²) in [5, 5.41) is 0. The van der Waals surface area contributed by atoms with Crippen molar-refractivity contribution >= 4 is 10.0 Å². The lowest BCUT2D eigenvalue weighted by Gasteiger charge is -2.21. The molecule has 0 spiro atoms. The molecule has 2 rings (SSSR count). The molecule has 21 heavy (non-hydrogen) atoms. The van der Waals surface area contributed by atoms with E-state index in [-0.39, 0.29) is 16.6 Å². The fourth-order valence-corrected chi connectivity index (χ4v) is 3.20. The lowest BCUT2D eigenvalue weighted by molar-refractivity contribution is 0.114. The fourth-order valence-electron chi connectivity index (χ4n) is 2.13. The second kappa shape index (κ2) is 6.34. The summed E-state index contributed by atoms with van der Waals surface area (Å²) >= 11 is 0. The Labute approximate surface area is 126 Å². The smallest absolute Gasteiger partial charge is 0.240 e. The number of nitrogens with one attached hydrogen (secondary N) is 1. The third-order valence-corrected chi connectivity index (χ3v) is 4.52. The van der Waals surface area contributed by atoms with E-state index in [1.165, 1.54) is 0 Å². The number of hydrogen-bond donors (Lipinski definition) is 1. The summed E-state index contributed by atoms with van der Waals surface area (Å²) in [6.45, 7) is 6.87. The first-order chi connectivity index (χ1) is 9.76. The van der Waals surface area contributed by atoms with Gasteiger partial charge < -0.3 is 9.47 Å². The zero-order valence-corrected chi connectivity index (χ0v) is 13.6. The number of benzene rings is 1. The van der Waals surface area contributed by atoms with Crippen LogP contribution in [0.15, 0.2) is 29.2 Å². The molecule has 0 radical (unpaired) electrons. The molecule has 0 aliphatic carbocycles. The van der Waals surface area contributed by atoms with Crippen molar-refractivity contribution in [1.82, 2.24) is 4.72 Å². The molecule has 118 valence electrons. The van der Waals surface area contributed by atoms with Gasteiger partial charge in [0.25, 0.3) is 0 Å². The Kier molecular flexibility index (Phi) is 4.91. The van der Waals surface area contributed by atoms with E-state index >= 15 is 0 Å². The van der Waals surface area contributed by atoms with Crippen molar-refractivity contribution in [2.24, 2.45) is 0 Å². The maximum Gasteiger partial charge on any atom is 0.240 e. The van der Waals surface area contributed by atoms with E-state index in [9.17, 15) is 8.42 Å². The van der Waals surface area contributed by atoms with Crippen LogP contribution in [0.25, 0.3) is 0 Å². The van der Waals surface area contributed by atoms with Crippen LogP contribution in [0.5, 0.6) is 5.75 Å². The largest absolute Gasteiger partial charge is 0.488 e. The van der Waals surface area contributed by atoms with Crippen molar-refractivity contribution in [1.29, 1.82) is 0 Å². The molecule has 1 saturated heterocycles. The Morgan fingerprint density at radius 2 is 1.95 bits per heavy atom. The summed E-state index contributed by atoms with van der Waals surface area (Å²) in [7, 11) is -3.49. The lowest BCUT2D eigenvalue weighted by atomic mass is 10.2. The summed E-state index contributed by atoms with van der Waals surface area (Å²) in [6, 6.07) is 6.45. The molecule has 1 N–H and O–H groups in total. The van der Waals surface area contributed by atoms with E-state index in [0.29, 0.717) is 18.9 Å². The predicted molar refractivity (Wildman–Crippen MR) is 81.0 cm³/mol. The van der Waals surface area contributed by atoms with E-state index < -0.39 is 10.0 Å². The zero-order chi connectivity index (χ0) is 15.5. The Hall–Kier alpha value is -1.11. The standard InChI is InChI=1S/C15H23NO4S/c1-15(2,3)20-12-6-8-14(9-7-12)21(17,18)16-11-13-5-4-10-19-13/h6-9,13,16H,4-5,10-11H2,1-3H3. The first kappa shape index (κ1) is 16.3. The van der Waals surface area contributed by atoms with Crippen molar-refractivity contribution in [3.05, 3.63) is 24.3 Å². The van der Waals surface area contributed by atoms with Gasteiger partial charge in [-0.05, 0) is 57.9 Å². The highest BCUT2D eigenvalue weighted by Gasteiger charge is 2.20. The molecule has 0 bridgehead atoms. The first-order valence-electron chi connectivity index (χ1n) is 7.17. The predicted octanol–water partition coefficient (Wildman–Crippen LogP) is 2.32. The third kappa shape index (κ3) is 4.98. The number of ether oxygens (including phenoxy) is 2. The molecule has 1 aromatic rings. The minimum atomic E-state index is -3.49. The van der Waals surface area contributed by atoms with Gasteiger partial charge in [-0.3, -0.25) is 0 Å². The average molecular weight is 313 g/mol. The molecule has 1 unspecified atom stereocenters.